The number of nitrogens with one attached hydrogen (secondary N) is 1. The number of halogens is 2. The summed E-state index contributed by atoms with van der Waals surface area (Å²) in [6.07, 6.45) is -0.207. The molecule has 1 aromatic carbocycles. The maximum atomic E-state index is 13.6. The van der Waals surface area contributed by atoms with Crippen LogP contribution in [0.3, 0.4) is 0 Å². The third-order valence-corrected chi connectivity index (χ3v) is 3.17. The molecule has 0 spiro atoms. The van der Waals surface area contributed by atoms with Crippen molar-refractivity contribution in [3.05, 3.63) is 34.1 Å². The molecule has 0 fully saturated rings. The molecule has 0 heterocycles. The van der Waals surface area contributed by atoms with Crippen molar-refractivity contribution in [1.82, 2.24) is 5.32 Å². The lowest BCUT2D eigenvalue weighted by molar-refractivity contribution is -0.151. The Bertz CT molecular complexity index is 485. The number of hydrogen-bond acceptors (Lipinski definition) is 3. The summed E-state index contributed by atoms with van der Waals surface area (Å²) in [6.45, 7) is 5.23. The molecule has 1 amide bonds. The average Bonchev–Trinajstić information content (AvgIpc) is 2.34. The van der Waals surface area contributed by atoms with E-state index in [-0.39, 0.29) is 18.2 Å². The van der Waals surface area contributed by atoms with Crippen LogP contribution in [0.5, 0.6) is 0 Å². The summed E-state index contributed by atoms with van der Waals surface area (Å²) in [4.78, 5) is 23.5. The lowest BCUT2D eigenvalue weighted by Gasteiger charge is -2.15. The van der Waals surface area contributed by atoms with Crippen LogP contribution in [-0.4, -0.2) is 24.5 Å². The largest absolute Gasteiger partial charge is 0.463 e. The lowest BCUT2D eigenvalue weighted by Crippen LogP contribution is -2.33. The highest BCUT2D eigenvalue weighted by Crippen LogP contribution is 2.19. The zero-order chi connectivity index (χ0) is 15.3. The van der Waals surface area contributed by atoms with Gasteiger partial charge in [0.2, 0.25) is 0 Å². The van der Waals surface area contributed by atoms with Crippen LogP contribution in [0.25, 0.3) is 0 Å². The van der Waals surface area contributed by atoms with Gasteiger partial charge in [-0.1, -0.05) is 13.0 Å². The summed E-state index contributed by atoms with van der Waals surface area (Å²) < 4.78 is 19.0. The smallest absolute Gasteiger partial charge is 0.310 e. The van der Waals surface area contributed by atoms with Crippen molar-refractivity contribution in [2.75, 3.05) is 6.54 Å². The van der Waals surface area contributed by atoms with E-state index in [0.29, 0.717) is 4.47 Å². The predicted octanol–water partition coefficient (Wildman–Crippen LogP) is 2.91. The number of hydrogen-bond donors (Lipinski definition) is 1. The van der Waals surface area contributed by atoms with Gasteiger partial charge in [0.1, 0.15) is 5.82 Å². The maximum absolute atomic E-state index is 13.6. The Hall–Kier alpha value is -1.43. The van der Waals surface area contributed by atoms with Crippen molar-refractivity contribution in [3.63, 3.8) is 0 Å². The van der Waals surface area contributed by atoms with E-state index in [4.69, 9.17) is 4.74 Å². The first-order valence-electron chi connectivity index (χ1n) is 6.25. The predicted molar refractivity (Wildman–Crippen MR) is 76.8 cm³/mol. The highest BCUT2D eigenvalue weighted by molar-refractivity contribution is 9.10. The molecule has 0 aliphatic heterocycles. The number of benzene rings is 1. The van der Waals surface area contributed by atoms with E-state index >= 15 is 0 Å². The molecule has 6 heteroatoms. The molecule has 0 saturated carbocycles. The Balaban J connectivity index is 2.62. The first kappa shape index (κ1) is 16.6. The van der Waals surface area contributed by atoms with Crippen LogP contribution in [-0.2, 0) is 9.53 Å². The van der Waals surface area contributed by atoms with Gasteiger partial charge in [0.05, 0.1) is 17.6 Å². The fraction of sp³-hybridized carbons (Fsp3) is 0.429. The Morgan fingerprint density at radius 1 is 1.35 bits per heavy atom. The summed E-state index contributed by atoms with van der Waals surface area (Å²) in [7, 11) is 0. The average molecular weight is 346 g/mol. The van der Waals surface area contributed by atoms with Crippen LogP contribution in [0.1, 0.15) is 31.1 Å². The van der Waals surface area contributed by atoms with Gasteiger partial charge in [0.15, 0.2) is 0 Å². The van der Waals surface area contributed by atoms with Gasteiger partial charge in [-0.05, 0) is 41.9 Å². The van der Waals surface area contributed by atoms with Gasteiger partial charge < -0.3 is 10.1 Å². The first-order chi connectivity index (χ1) is 9.32. The minimum Gasteiger partial charge on any atom is -0.463 e. The van der Waals surface area contributed by atoms with Crippen LogP contribution in [0, 0.1) is 11.7 Å². The molecule has 0 aliphatic carbocycles. The van der Waals surface area contributed by atoms with Crippen molar-refractivity contribution in [1.29, 1.82) is 0 Å². The normalized spacial score (nSPS) is 12.1. The number of ether oxygens (including phenoxy) is 1. The van der Waals surface area contributed by atoms with E-state index in [1.165, 1.54) is 12.1 Å². The molecule has 20 heavy (non-hydrogen) atoms. The monoisotopic (exact) mass is 345 g/mol. The van der Waals surface area contributed by atoms with E-state index in [0.717, 1.165) is 0 Å². The van der Waals surface area contributed by atoms with Crippen LogP contribution in [0.2, 0.25) is 0 Å². The maximum Gasteiger partial charge on any atom is 0.310 e. The van der Waals surface area contributed by atoms with Crippen molar-refractivity contribution in [2.45, 2.75) is 26.9 Å². The fourth-order valence-corrected chi connectivity index (χ4v) is 2.00. The van der Waals surface area contributed by atoms with Gasteiger partial charge in [-0.2, -0.15) is 0 Å². The Morgan fingerprint density at radius 3 is 2.55 bits per heavy atom. The molecule has 0 aromatic heterocycles. The van der Waals surface area contributed by atoms with Gasteiger partial charge in [0, 0.05) is 11.0 Å². The number of rotatable bonds is 5. The van der Waals surface area contributed by atoms with Crippen molar-refractivity contribution >= 4 is 27.8 Å². The van der Waals surface area contributed by atoms with Crippen LogP contribution in [0.4, 0.5) is 4.39 Å². The summed E-state index contributed by atoms with van der Waals surface area (Å²) in [5, 5.41) is 2.52. The van der Waals surface area contributed by atoms with Crippen LogP contribution in [0.15, 0.2) is 22.7 Å². The van der Waals surface area contributed by atoms with E-state index in [2.05, 4.69) is 21.2 Å². The molecule has 0 saturated heterocycles. The molecule has 1 N–H and O–H groups in total. The van der Waals surface area contributed by atoms with Crippen molar-refractivity contribution < 1.29 is 18.7 Å². The highest BCUT2D eigenvalue weighted by atomic mass is 79.9. The molecule has 110 valence electrons. The third kappa shape index (κ3) is 4.59. The topological polar surface area (TPSA) is 55.4 Å². The van der Waals surface area contributed by atoms with Gasteiger partial charge in [-0.15, -0.1) is 0 Å². The van der Waals surface area contributed by atoms with Crippen molar-refractivity contribution in [2.24, 2.45) is 5.92 Å². The van der Waals surface area contributed by atoms with Gasteiger partial charge in [-0.25, -0.2) is 4.39 Å². The molecule has 0 radical (unpaired) electrons. The lowest BCUT2D eigenvalue weighted by atomic mass is 10.1. The molecule has 1 rings (SSSR count). The number of amides is 1. The summed E-state index contributed by atoms with van der Waals surface area (Å²) in [5.74, 6) is -2.08. The molecule has 0 bridgehead atoms. The second kappa shape index (κ2) is 7.38. The number of carbonyl (C=O) groups excluding carboxylic acids is 2. The van der Waals surface area contributed by atoms with Crippen molar-refractivity contribution in [3.8, 4) is 0 Å². The molecule has 1 atom stereocenters. The summed E-state index contributed by atoms with van der Waals surface area (Å²) in [5.41, 5.74) is -0.0723. The molecule has 4 nitrogen and oxygen atoms in total. The minimum atomic E-state index is -0.616. The summed E-state index contributed by atoms with van der Waals surface area (Å²) in [6, 6.07) is 4.28. The van der Waals surface area contributed by atoms with Gasteiger partial charge >= 0.3 is 5.97 Å². The Labute approximate surface area is 125 Å². The van der Waals surface area contributed by atoms with Crippen LogP contribution >= 0.6 is 15.9 Å². The van der Waals surface area contributed by atoms with E-state index in [9.17, 15) is 14.0 Å². The number of carbonyl (C=O) groups is 2. The molecule has 0 unspecified atom stereocenters. The molecule has 0 aliphatic rings. The molecular weight excluding hydrogens is 329 g/mol. The zero-order valence-electron chi connectivity index (χ0n) is 11.6. The van der Waals surface area contributed by atoms with E-state index in [1.54, 1.807) is 26.8 Å². The van der Waals surface area contributed by atoms with Crippen LogP contribution < -0.4 is 5.32 Å². The summed E-state index contributed by atoms with van der Waals surface area (Å²) >= 11 is 3.12. The second-order valence-corrected chi connectivity index (χ2v) is 5.55. The Morgan fingerprint density at radius 2 is 2.00 bits per heavy atom. The van der Waals surface area contributed by atoms with Gasteiger partial charge in [-0.3, -0.25) is 9.59 Å². The Kier molecular flexibility index (Phi) is 6.13. The second-order valence-electron chi connectivity index (χ2n) is 4.69. The fourth-order valence-electron chi connectivity index (χ4n) is 1.48. The third-order valence-electron chi connectivity index (χ3n) is 2.51. The first-order valence-corrected chi connectivity index (χ1v) is 7.05. The van der Waals surface area contributed by atoms with E-state index in [1.807, 2.05) is 0 Å². The quantitative estimate of drug-likeness (QED) is 0.834. The highest BCUT2D eigenvalue weighted by Gasteiger charge is 2.19. The standard InChI is InChI=1S/C14H17BrFNO3/c1-8(2)20-14(19)9(3)7-17-13(18)12-10(15)5-4-6-11(12)16/h4-6,8-9H,7H2,1-3H3,(H,17,18)/t9-/m1/s1. The number of esters is 1. The van der Waals surface area contributed by atoms with E-state index < -0.39 is 23.6 Å². The molecule has 1 aromatic rings. The minimum absolute atomic E-state index is 0.0723. The zero-order valence-corrected chi connectivity index (χ0v) is 13.2. The SMILES string of the molecule is CC(C)OC(=O)[C@H](C)CNC(=O)c1c(F)cccc1Br. The molecular formula is C14H17BrFNO3. The van der Waals surface area contributed by atoms with Gasteiger partial charge in [0.25, 0.3) is 5.91 Å².